The summed E-state index contributed by atoms with van der Waals surface area (Å²) >= 11 is 0. The number of hydrogen-bond donors (Lipinski definition) is 0. The van der Waals surface area contributed by atoms with Gasteiger partial charge in [0.05, 0.1) is 37.0 Å². The van der Waals surface area contributed by atoms with Crippen LogP contribution in [-0.4, -0.2) is 12.6 Å². The molecule has 1 saturated carbocycles. The van der Waals surface area contributed by atoms with Crippen LogP contribution in [0.3, 0.4) is 0 Å². The van der Waals surface area contributed by atoms with Gasteiger partial charge in [0.25, 0.3) is 0 Å². The third-order valence-corrected chi connectivity index (χ3v) is 3.36. The fraction of sp³-hybridized carbons (Fsp3) is 0.385. The van der Waals surface area contributed by atoms with Crippen LogP contribution in [0.25, 0.3) is 0 Å². The third kappa shape index (κ3) is 1.30. The Morgan fingerprint density at radius 3 is 2.53 bits per heavy atom. The van der Waals surface area contributed by atoms with Crippen molar-refractivity contribution in [3.8, 4) is 18.2 Å². The minimum absolute atomic E-state index is 0.0695. The SMILES string of the molecule is CCOC(=O)[C@]1(C#N)[C@H](c2ccco2)C1(C#N)C#N. The van der Waals surface area contributed by atoms with E-state index in [1.807, 2.05) is 0 Å². The van der Waals surface area contributed by atoms with Crippen molar-refractivity contribution in [3.63, 3.8) is 0 Å². The summed E-state index contributed by atoms with van der Waals surface area (Å²) in [4.78, 5) is 12.0. The van der Waals surface area contributed by atoms with Crippen LogP contribution in [0.5, 0.6) is 0 Å². The van der Waals surface area contributed by atoms with Crippen LogP contribution in [0.4, 0.5) is 0 Å². The highest BCUT2D eigenvalue weighted by Gasteiger charge is 2.87. The Morgan fingerprint density at radius 2 is 2.11 bits per heavy atom. The van der Waals surface area contributed by atoms with Gasteiger partial charge >= 0.3 is 5.97 Å². The van der Waals surface area contributed by atoms with Crippen LogP contribution in [0.1, 0.15) is 18.6 Å². The van der Waals surface area contributed by atoms with E-state index in [2.05, 4.69) is 0 Å². The van der Waals surface area contributed by atoms with Gasteiger partial charge in [-0.05, 0) is 19.1 Å². The van der Waals surface area contributed by atoms with E-state index < -0.39 is 22.7 Å². The summed E-state index contributed by atoms with van der Waals surface area (Å²) in [6, 6.07) is 8.45. The number of esters is 1. The third-order valence-electron chi connectivity index (χ3n) is 3.36. The van der Waals surface area contributed by atoms with E-state index in [1.54, 1.807) is 31.2 Å². The number of furan rings is 1. The van der Waals surface area contributed by atoms with Crippen molar-refractivity contribution in [3.05, 3.63) is 24.2 Å². The Morgan fingerprint density at radius 1 is 1.42 bits per heavy atom. The zero-order valence-electron chi connectivity index (χ0n) is 10.1. The normalized spacial score (nSPS) is 26.5. The topological polar surface area (TPSA) is 111 Å². The molecule has 0 spiro atoms. The van der Waals surface area contributed by atoms with E-state index in [4.69, 9.17) is 9.15 Å². The second-order valence-corrected chi connectivity index (χ2v) is 4.12. The van der Waals surface area contributed by atoms with Gasteiger partial charge in [-0.25, -0.2) is 0 Å². The number of carbonyl (C=O) groups is 1. The summed E-state index contributed by atoms with van der Waals surface area (Å²) < 4.78 is 9.98. The summed E-state index contributed by atoms with van der Waals surface area (Å²) in [6.45, 7) is 1.66. The summed E-state index contributed by atoms with van der Waals surface area (Å²) in [5, 5.41) is 27.8. The van der Waals surface area contributed by atoms with Crippen molar-refractivity contribution in [1.82, 2.24) is 0 Å². The first kappa shape index (κ1) is 12.7. The molecule has 1 aromatic heterocycles. The Bertz CT molecular complexity index is 616. The molecule has 1 fully saturated rings. The molecule has 6 heteroatoms. The molecule has 1 heterocycles. The first-order chi connectivity index (χ1) is 9.14. The quantitative estimate of drug-likeness (QED) is 0.756. The van der Waals surface area contributed by atoms with E-state index >= 15 is 0 Å². The first-order valence-electron chi connectivity index (χ1n) is 5.59. The Balaban J connectivity index is 2.56. The molecule has 1 aromatic rings. The number of nitrogens with zero attached hydrogens (tertiary/aromatic N) is 3. The van der Waals surface area contributed by atoms with E-state index in [0.29, 0.717) is 0 Å². The monoisotopic (exact) mass is 255 g/mol. The summed E-state index contributed by atoms with van der Waals surface area (Å²) in [5.74, 6) is -1.52. The lowest BCUT2D eigenvalue weighted by atomic mass is 9.97. The molecule has 2 atom stereocenters. The Kier molecular flexibility index (Phi) is 2.77. The molecule has 0 saturated heterocycles. The molecule has 1 aliphatic carbocycles. The van der Waals surface area contributed by atoms with Gasteiger partial charge in [0.15, 0.2) is 10.8 Å². The molecule has 19 heavy (non-hydrogen) atoms. The van der Waals surface area contributed by atoms with Crippen LogP contribution in [0, 0.1) is 44.8 Å². The number of hydrogen-bond acceptors (Lipinski definition) is 6. The lowest BCUT2D eigenvalue weighted by Crippen LogP contribution is -2.24. The minimum atomic E-state index is -1.82. The van der Waals surface area contributed by atoms with Crippen LogP contribution in [0.2, 0.25) is 0 Å². The molecule has 0 aliphatic heterocycles. The lowest BCUT2D eigenvalue weighted by Gasteiger charge is -2.07. The number of nitriles is 3. The van der Waals surface area contributed by atoms with Crippen molar-refractivity contribution in [2.45, 2.75) is 12.8 Å². The van der Waals surface area contributed by atoms with Gasteiger partial charge in [0.2, 0.25) is 0 Å². The molecule has 0 amide bonds. The standard InChI is InChI=1S/C13H9N3O3/c1-2-18-11(17)13(8-16)10(9-4-3-5-19-9)12(13,6-14)7-15/h3-5,10H,2H2,1H3/t10-,13+/m1/s1. The van der Waals surface area contributed by atoms with Crippen molar-refractivity contribution in [1.29, 1.82) is 15.8 Å². The van der Waals surface area contributed by atoms with Gasteiger partial charge in [-0.1, -0.05) is 0 Å². The van der Waals surface area contributed by atoms with E-state index in [-0.39, 0.29) is 12.4 Å². The van der Waals surface area contributed by atoms with Crippen LogP contribution < -0.4 is 0 Å². The zero-order chi connectivity index (χ0) is 14.1. The van der Waals surface area contributed by atoms with E-state index in [9.17, 15) is 20.6 Å². The fourth-order valence-corrected chi connectivity index (χ4v) is 2.41. The summed E-state index contributed by atoms with van der Waals surface area (Å²) in [7, 11) is 0. The second-order valence-electron chi connectivity index (χ2n) is 4.12. The van der Waals surface area contributed by atoms with Crippen LogP contribution >= 0.6 is 0 Å². The summed E-state index contributed by atoms with van der Waals surface area (Å²) in [6.07, 6.45) is 1.36. The largest absolute Gasteiger partial charge is 0.469 e. The first-order valence-corrected chi connectivity index (χ1v) is 5.59. The number of rotatable bonds is 3. The highest BCUT2D eigenvalue weighted by molar-refractivity contribution is 5.91. The van der Waals surface area contributed by atoms with Crippen molar-refractivity contribution in [2.24, 2.45) is 10.8 Å². The molecule has 0 N–H and O–H groups in total. The van der Waals surface area contributed by atoms with Crippen molar-refractivity contribution >= 4 is 5.97 Å². The molecule has 0 radical (unpaired) electrons. The molecular formula is C13H9N3O3. The van der Waals surface area contributed by atoms with Gasteiger partial charge in [0, 0.05) is 0 Å². The highest BCUT2D eigenvalue weighted by atomic mass is 16.5. The lowest BCUT2D eigenvalue weighted by molar-refractivity contribution is -0.148. The molecular weight excluding hydrogens is 246 g/mol. The maximum atomic E-state index is 12.0. The maximum Gasteiger partial charge on any atom is 0.330 e. The smallest absolute Gasteiger partial charge is 0.330 e. The van der Waals surface area contributed by atoms with E-state index in [1.165, 1.54) is 12.3 Å². The highest BCUT2D eigenvalue weighted by Crippen LogP contribution is 2.74. The molecule has 0 bridgehead atoms. The van der Waals surface area contributed by atoms with Crippen LogP contribution in [-0.2, 0) is 9.53 Å². The van der Waals surface area contributed by atoms with Gasteiger partial charge in [-0.3, -0.25) is 4.79 Å². The average Bonchev–Trinajstić information content (AvgIpc) is 2.73. The second kappa shape index (κ2) is 4.15. The molecule has 2 rings (SSSR count). The Hall–Kier alpha value is -2.78. The van der Waals surface area contributed by atoms with E-state index in [0.717, 1.165) is 0 Å². The zero-order valence-corrected chi connectivity index (χ0v) is 10.1. The van der Waals surface area contributed by atoms with Crippen molar-refractivity contribution in [2.75, 3.05) is 6.61 Å². The predicted octanol–water partition coefficient (Wildman–Crippen LogP) is 1.48. The Labute approximate surface area is 109 Å². The molecule has 94 valence electrons. The number of ether oxygens (including phenoxy) is 1. The van der Waals surface area contributed by atoms with Crippen LogP contribution in [0.15, 0.2) is 22.8 Å². The number of carbonyl (C=O) groups excluding carboxylic acids is 1. The molecule has 1 aliphatic rings. The molecule has 0 aromatic carbocycles. The van der Waals surface area contributed by atoms with Gasteiger partial charge in [0.1, 0.15) is 5.76 Å². The summed E-state index contributed by atoms with van der Waals surface area (Å²) in [5.41, 5.74) is -3.57. The molecule has 6 nitrogen and oxygen atoms in total. The van der Waals surface area contributed by atoms with Gasteiger partial charge in [-0.15, -0.1) is 0 Å². The van der Waals surface area contributed by atoms with Gasteiger partial charge < -0.3 is 9.15 Å². The maximum absolute atomic E-state index is 12.0. The van der Waals surface area contributed by atoms with Crippen molar-refractivity contribution < 1.29 is 13.9 Å². The minimum Gasteiger partial charge on any atom is -0.469 e. The fourth-order valence-electron chi connectivity index (χ4n) is 2.41. The van der Waals surface area contributed by atoms with Gasteiger partial charge in [-0.2, -0.15) is 15.8 Å². The average molecular weight is 255 g/mol. The predicted molar refractivity (Wildman–Crippen MR) is 59.8 cm³/mol. The molecule has 0 unspecified atom stereocenters.